The van der Waals surface area contributed by atoms with Crippen LogP contribution >= 0.6 is 0 Å². The Labute approximate surface area is 117 Å². The number of anilines is 1. The van der Waals surface area contributed by atoms with E-state index in [2.05, 4.69) is 5.32 Å². The maximum absolute atomic E-state index is 13.7. The Hall–Kier alpha value is -1.47. The second kappa shape index (κ2) is 5.88. The Morgan fingerprint density at radius 1 is 1.40 bits per heavy atom. The van der Waals surface area contributed by atoms with Crippen LogP contribution in [0.4, 0.5) is 10.1 Å². The first kappa shape index (κ1) is 14.9. The monoisotopic (exact) mass is 300 g/mol. The van der Waals surface area contributed by atoms with Crippen LogP contribution in [0.3, 0.4) is 0 Å². The van der Waals surface area contributed by atoms with E-state index in [4.69, 9.17) is 5.73 Å². The second-order valence-electron chi connectivity index (χ2n) is 4.86. The molecule has 1 unspecified atom stereocenters. The topological polar surface area (TPSA) is 89.3 Å². The smallest absolute Gasteiger partial charge is 0.242 e. The van der Waals surface area contributed by atoms with Gasteiger partial charge in [0.05, 0.1) is 11.4 Å². The minimum Gasteiger partial charge on any atom is -0.326 e. The van der Waals surface area contributed by atoms with Gasteiger partial charge < -0.3 is 11.1 Å². The maximum atomic E-state index is 13.7. The van der Waals surface area contributed by atoms with Crippen molar-refractivity contribution in [2.24, 2.45) is 5.73 Å². The van der Waals surface area contributed by atoms with Gasteiger partial charge in [0.1, 0.15) is 11.1 Å². The van der Waals surface area contributed by atoms with Crippen LogP contribution in [0.15, 0.2) is 18.2 Å². The number of rotatable bonds is 3. The molecule has 2 rings (SSSR count). The van der Waals surface area contributed by atoms with Crippen LogP contribution in [0, 0.1) is 5.82 Å². The third-order valence-corrected chi connectivity index (χ3v) is 5.57. The number of halogens is 1. The van der Waals surface area contributed by atoms with Gasteiger partial charge in [0.2, 0.25) is 5.91 Å². The fourth-order valence-corrected chi connectivity index (χ4v) is 4.05. The zero-order chi connectivity index (χ0) is 14.8. The summed E-state index contributed by atoms with van der Waals surface area (Å²) in [5, 5.41) is 1.27. The predicted molar refractivity (Wildman–Crippen MR) is 74.3 cm³/mol. The summed E-state index contributed by atoms with van der Waals surface area (Å²) in [4.78, 5) is 12.0. The molecule has 1 saturated heterocycles. The lowest BCUT2D eigenvalue weighted by molar-refractivity contribution is -0.116. The van der Waals surface area contributed by atoms with Gasteiger partial charge in [0, 0.05) is 6.54 Å². The average Bonchev–Trinajstić information content (AvgIpc) is 2.40. The quantitative estimate of drug-likeness (QED) is 0.877. The number of nitrogens with one attached hydrogen (secondary N) is 1. The first-order chi connectivity index (χ1) is 9.44. The molecule has 1 fully saturated rings. The number of hydrogen-bond acceptors (Lipinski definition) is 4. The number of hydrogen-bond donors (Lipinski definition) is 2. The molecule has 3 N–H and O–H groups in total. The summed E-state index contributed by atoms with van der Waals surface area (Å²) >= 11 is 0. The molecule has 110 valence electrons. The van der Waals surface area contributed by atoms with Gasteiger partial charge in [-0.15, -0.1) is 0 Å². The van der Waals surface area contributed by atoms with Gasteiger partial charge in [-0.2, -0.15) is 0 Å². The fourth-order valence-electron chi connectivity index (χ4n) is 2.25. The van der Waals surface area contributed by atoms with Crippen molar-refractivity contribution in [3.8, 4) is 0 Å². The highest BCUT2D eigenvalue weighted by atomic mass is 32.2. The van der Waals surface area contributed by atoms with Crippen LogP contribution in [-0.2, 0) is 21.2 Å². The number of nitrogens with two attached hydrogens (primary N) is 1. The maximum Gasteiger partial charge on any atom is 0.242 e. The molecule has 5 nitrogen and oxygen atoms in total. The summed E-state index contributed by atoms with van der Waals surface area (Å²) in [5.74, 6) is -1.27. The van der Waals surface area contributed by atoms with Crippen molar-refractivity contribution >= 4 is 21.4 Å². The van der Waals surface area contributed by atoms with Crippen LogP contribution in [0.1, 0.15) is 24.8 Å². The van der Waals surface area contributed by atoms with Crippen molar-refractivity contribution in [3.63, 3.8) is 0 Å². The highest BCUT2D eigenvalue weighted by Crippen LogP contribution is 2.22. The van der Waals surface area contributed by atoms with Crippen LogP contribution in [0.25, 0.3) is 0 Å². The summed E-state index contributed by atoms with van der Waals surface area (Å²) in [6.07, 6.45) is 1.55. The van der Waals surface area contributed by atoms with E-state index in [-0.39, 0.29) is 24.4 Å². The summed E-state index contributed by atoms with van der Waals surface area (Å²) in [7, 11) is -3.42. The first-order valence-electron chi connectivity index (χ1n) is 6.45. The van der Waals surface area contributed by atoms with E-state index in [1.165, 1.54) is 12.1 Å². The SMILES string of the molecule is NCc1ccc(NC(=O)C2CCCCS2(=O)=O)c(F)c1. The lowest BCUT2D eigenvalue weighted by Gasteiger charge is -2.21. The molecule has 1 atom stereocenters. The Bertz CT molecular complexity index is 616. The van der Waals surface area contributed by atoms with E-state index in [0.717, 1.165) is 0 Å². The molecule has 1 amide bonds. The molecule has 0 saturated carbocycles. The zero-order valence-corrected chi connectivity index (χ0v) is 11.7. The minimum absolute atomic E-state index is 0.0136. The van der Waals surface area contributed by atoms with E-state index in [0.29, 0.717) is 18.4 Å². The Balaban J connectivity index is 2.15. The number of carbonyl (C=O) groups excluding carboxylic acids is 1. The Morgan fingerprint density at radius 2 is 2.15 bits per heavy atom. The Kier molecular flexibility index (Phi) is 4.39. The van der Waals surface area contributed by atoms with Crippen molar-refractivity contribution in [1.29, 1.82) is 0 Å². The van der Waals surface area contributed by atoms with E-state index in [1.54, 1.807) is 6.07 Å². The van der Waals surface area contributed by atoms with Crippen molar-refractivity contribution in [2.45, 2.75) is 31.1 Å². The molecule has 7 heteroatoms. The van der Waals surface area contributed by atoms with Gasteiger partial charge in [-0.05, 0) is 30.5 Å². The third kappa shape index (κ3) is 3.16. The van der Waals surface area contributed by atoms with Crippen molar-refractivity contribution in [2.75, 3.05) is 11.1 Å². The second-order valence-corrected chi connectivity index (χ2v) is 7.16. The summed E-state index contributed by atoms with van der Waals surface area (Å²) in [5.41, 5.74) is 5.97. The van der Waals surface area contributed by atoms with E-state index < -0.39 is 26.8 Å². The molecular weight excluding hydrogens is 283 g/mol. The molecule has 0 radical (unpaired) electrons. The number of carbonyl (C=O) groups is 1. The van der Waals surface area contributed by atoms with Crippen LogP contribution in [-0.4, -0.2) is 25.3 Å². The standard InChI is InChI=1S/C13H17FN2O3S/c14-10-7-9(8-15)4-5-11(10)16-13(17)12-3-1-2-6-20(12,18)19/h4-5,7,12H,1-3,6,8,15H2,(H,16,17). The van der Waals surface area contributed by atoms with Gasteiger partial charge in [-0.25, -0.2) is 12.8 Å². The molecule has 0 aliphatic carbocycles. The van der Waals surface area contributed by atoms with E-state index in [1.807, 2.05) is 0 Å². The number of benzene rings is 1. The average molecular weight is 300 g/mol. The molecule has 1 aromatic carbocycles. The van der Waals surface area contributed by atoms with Gasteiger partial charge >= 0.3 is 0 Å². The molecule has 0 spiro atoms. The fraction of sp³-hybridized carbons (Fsp3) is 0.462. The first-order valence-corrected chi connectivity index (χ1v) is 8.16. The predicted octanol–water partition coefficient (Wildman–Crippen LogP) is 1.19. The molecule has 1 aromatic rings. The van der Waals surface area contributed by atoms with Crippen molar-refractivity contribution in [1.82, 2.24) is 0 Å². The molecular formula is C13H17FN2O3S. The lowest BCUT2D eigenvalue weighted by Crippen LogP contribution is -2.39. The van der Waals surface area contributed by atoms with Crippen LogP contribution < -0.4 is 11.1 Å². The summed E-state index contributed by atoms with van der Waals surface area (Å²) in [6, 6.07) is 4.21. The van der Waals surface area contributed by atoms with Gasteiger partial charge in [-0.1, -0.05) is 12.5 Å². The summed E-state index contributed by atoms with van der Waals surface area (Å²) in [6.45, 7) is 0.197. The highest BCUT2D eigenvalue weighted by Gasteiger charge is 2.35. The van der Waals surface area contributed by atoms with Gasteiger partial charge in [-0.3, -0.25) is 4.79 Å². The number of sulfone groups is 1. The molecule has 20 heavy (non-hydrogen) atoms. The molecule has 1 aliphatic rings. The molecule has 0 aromatic heterocycles. The van der Waals surface area contributed by atoms with E-state index in [9.17, 15) is 17.6 Å². The zero-order valence-electron chi connectivity index (χ0n) is 10.9. The molecule has 0 bridgehead atoms. The molecule has 1 aliphatic heterocycles. The van der Waals surface area contributed by atoms with Gasteiger partial charge in [0.15, 0.2) is 9.84 Å². The highest BCUT2D eigenvalue weighted by molar-refractivity contribution is 7.92. The third-order valence-electron chi connectivity index (χ3n) is 3.40. The molecule has 1 heterocycles. The van der Waals surface area contributed by atoms with Crippen LogP contribution in [0.2, 0.25) is 0 Å². The van der Waals surface area contributed by atoms with Gasteiger partial charge in [0.25, 0.3) is 0 Å². The lowest BCUT2D eigenvalue weighted by atomic mass is 10.1. The van der Waals surface area contributed by atoms with E-state index >= 15 is 0 Å². The van der Waals surface area contributed by atoms with Crippen LogP contribution in [0.5, 0.6) is 0 Å². The Morgan fingerprint density at radius 3 is 2.75 bits per heavy atom. The normalized spacial score (nSPS) is 21.4. The van der Waals surface area contributed by atoms with Crippen molar-refractivity contribution < 1.29 is 17.6 Å². The number of amides is 1. The van der Waals surface area contributed by atoms with Crippen molar-refractivity contribution in [3.05, 3.63) is 29.6 Å². The minimum atomic E-state index is -3.42. The summed E-state index contributed by atoms with van der Waals surface area (Å²) < 4.78 is 37.4. The largest absolute Gasteiger partial charge is 0.326 e.